The normalized spacial score (nSPS) is 9.44. The van der Waals surface area contributed by atoms with E-state index in [1.54, 1.807) is 13.2 Å². The fourth-order valence-corrected chi connectivity index (χ4v) is 1.48. The highest BCUT2D eigenvalue weighted by Crippen LogP contribution is 2.26. The number of methoxy groups -OCH3 is 1. The minimum absolute atomic E-state index is 0. The van der Waals surface area contributed by atoms with E-state index in [1.165, 1.54) is 6.33 Å². The summed E-state index contributed by atoms with van der Waals surface area (Å²) in [6, 6.07) is 7.36. The molecule has 5 nitrogen and oxygen atoms in total. The van der Waals surface area contributed by atoms with E-state index < -0.39 is 0 Å². The summed E-state index contributed by atoms with van der Waals surface area (Å²) in [7, 11) is 1.59. The molecule has 0 atom stereocenters. The smallest absolute Gasteiger partial charge is 0.141 e. The lowest BCUT2D eigenvalue weighted by atomic mass is 10.2. The van der Waals surface area contributed by atoms with Crippen molar-refractivity contribution in [2.75, 3.05) is 18.2 Å². The number of halogens is 1. The van der Waals surface area contributed by atoms with Crippen LogP contribution in [0.5, 0.6) is 5.75 Å². The summed E-state index contributed by atoms with van der Waals surface area (Å²) >= 11 is 0. The molecule has 2 rings (SSSR count). The van der Waals surface area contributed by atoms with Gasteiger partial charge in [-0.2, -0.15) is 0 Å². The second kappa shape index (κ2) is 6.07. The Bertz CT molecular complexity index is 533. The van der Waals surface area contributed by atoms with Gasteiger partial charge in [-0.1, -0.05) is 0 Å². The Morgan fingerprint density at radius 1 is 1.22 bits per heavy atom. The molecule has 1 heterocycles. The summed E-state index contributed by atoms with van der Waals surface area (Å²) < 4.78 is 5.09. The van der Waals surface area contributed by atoms with E-state index in [9.17, 15) is 0 Å². The van der Waals surface area contributed by atoms with Gasteiger partial charge in [0.2, 0.25) is 0 Å². The second-order valence-corrected chi connectivity index (χ2v) is 3.63. The Morgan fingerprint density at radius 3 is 2.61 bits per heavy atom. The molecule has 0 fully saturated rings. The molecule has 1 aromatic carbocycles. The number of hydrogen-bond donors (Lipinski definition) is 2. The summed E-state index contributed by atoms with van der Waals surface area (Å²) in [6.45, 7) is 1.91. The number of nitrogens with two attached hydrogens (primary N) is 1. The van der Waals surface area contributed by atoms with Crippen LogP contribution in [0.1, 0.15) is 5.69 Å². The van der Waals surface area contributed by atoms with Gasteiger partial charge in [0.15, 0.2) is 0 Å². The first-order valence-electron chi connectivity index (χ1n) is 5.18. The molecule has 96 valence electrons. The maximum atomic E-state index is 5.82. The molecule has 0 spiro atoms. The fourth-order valence-electron chi connectivity index (χ4n) is 1.48. The molecular formula is C12H15ClN4O. The standard InChI is InChI=1S/C12H14N4O.ClH/c1-8-5-12(15-7-14-8)16-9-3-4-11(17-2)10(13)6-9;/h3-7H,13H2,1-2H3,(H,14,15,16);1H. The van der Waals surface area contributed by atoms with Crippen LogP contribution in [-0.4, -0.2) is 17.1 Å². The van der Waals surface area contributed by atoms with Crippen molar-refractivity contribution in [3.05, 3.63) is 36.3 Å². The lowest BCUT2D eigenvalue weighted by Crippen LogP contribution is -1.97. The van der Waals surface area contributed by atoms with E-state index in [0.29, 0.717) is 11.4 Å². The Labute approximate surface area is 112 Å². The Morgan fingerprint density at radius 2 is 2.00 bits per heavy atom. The van der Waals surface area contributed by atoms with Crippen molar-refractivity contribution in [1.29, 1.82) is 0 Å². The van der Waals surface area contributed by atoms with Crippen molar-refractivity contribution in [3.63, 3.8) is 0 Å². The van der Waals surface area contributed by atoms with Crippen molar-refractivity contribution in [2.45, 2.75) is 6.92 Å². The van der Waals surface area contributed by atoms with Crippen LogP contribution in [0.25, 0.3) is 0 Å². The van der Waals surface area contributed by atoms with E-state index in [4.69, 9.17) is 10.5 Å². The predicted molar refractivity (Wildman–Crippen MR) is 74.7 cm³/mol. The van der Waals surface area contributed by atoms with Crippen molar-refractivity contribution in [3.8, 4) is 5.75 Å². The largest absolute Gasteiger partial charge is 0.495 e. The number of nitrogens with zero attached hydrogens (tertiary/aromatic N) is 2. The van der Waals surface area contributed by atoms with Gasteiger partial charge >= 0.3 is 0 Å². The molecule has 0 saturated carbocycles. The molecule has 2 aromatic rings. The molecule has 0 aliphatic rings. The number of aromatic nitrogens is 2. The molecule has 0 amide bonds. The third-order valence-corrected chi connectivity index (χ3v) is 2.31. The van der Waals surface area contributed by atoms with Crippen LogP contribution in [0.4, 0.5) is 17.2 Å². The van der Waals surface area contributed by atoms with Crippen LogP contribution < -0.4 is 15.8 Å². The molecule has 0 saturated heterocycles. The number of nitrogens with one attached hydrogen (secondary N) is 1. The van der Waals surface area contributed by atoms with Crippen LogP contribution in [-0.2, 0) is 0 Å². The molecule has 18 heavy (non-hydrogen) atoms. The van der Waals surface area contributed by atoms with Crippen molar-refractivity contribution < 1.29 is 4.74 Å². The van der Waals surface area contributed by atoms with Crippen LogP contribution >= 0.6 is 12.4 Å². The molecule has 6 heteroatoms. The molecule has 0 aliphatic heterocycles. The topological polar surface area (TPSA) is 73.1 Å². The van der Waals surface area contributed by atoms with E-state index in [-0.39, 0.29) is 12.4 Å². The summed E-state index contributed by atoms with van der Waals surface area (Å²) in [5, 5.41) is 3.15. The van der Waals surface area contributed by atoms with Crippen molar-refractivity contribution in [2.24, 2.45) is 0 Å². The van der Waals surface area contributed by atoms with Crippen LogP contribution in [0.3, 0.4) is 0 Å². The van der Waals surface area contributed by atoms with Gasteiger partial charge in [-0.15, -0.1) is 12.4 Å². The summed E-state index contributed by atoms with van der Waals surface area (Å²) in [5.74, 6) is 1.40. The number of hydrogen-bond acceptors (Lipinski definition) is 5. The highest BCUT2D eigenvalue weighted by atomic mass is 35.5. The monoisotopic (exact) mass is 266 g/mol. The fraction of sp³-hybridized carbons (Fsp3) is 0.167. The molecule has 0 bridgehead atoms. The van der Waals surface area contributed by atoms with Gasteiger partial charge in [0.1, 0.15) is 17.9 Å². The zero-order valence-corrected chi connectivity index (χ0v) is 11.0. The molecule has 1 aromatic heterocycles. The zero-order chi connectivity index (χ0) is 12.3. The van der Waals surface area contributed by atoms with Crippen LogP contribution in [0.2, 0.25) is 0 Å². The highest BCUT2D eigenvalue weighted by molar-refractivity contribution is 5.85. The van der Waals surface area contributed by atoms with E-state index in [1.807, 2.05) is 25.1 Å². The van der Waals surface area contributed by atoms with Gasteiger partial charge < -0.3 is 15.8 Å². The van der Waals surface area contributed by atoms with Gasteiger partial charge in [-0.25, -0.2) is 9.97 Å². The number of aryl methyl sites for hydroxylation is 1. The maximum Gasteiger partial charge on any atom is 0.141 e. The third-order valence-electron chi connectivity index (χ3n) is 2.31. The number of benzene rings is 1. The Balaban J connectivity index is 0.00000162. The first-order valence-corrected chi connectivity index (χ1v) is 5.18. The van der Waals surface area contributed by atoms with Gasteiger partial charge in [-0.05, 0) is 25.1 Å². The van der Waals surface area contributed by atoms with Crippen molar-refractivity contribution >= 4 is 29.6 Å². The van der Waals surface area contributed by atoms with Gasteiger partial charge in [-0.3, -0.25) is 0 Å². The van der Waals surface area contributed by atoms with E-state index in [0.717, 1.165) is 17.2 Å². The summed E-state index contributed by atoms with van der Waals surface area (Å²) in [6.07, 6.45) is 1.52. The lowest BCUT2D eigenvalue weighted by molar-refractivity contribution is 0.417. The first-order chi connectivity index (χ1) is 8.19. The SMILES string of the molecule is COc1ccc(Nc2cc(C)ncn2)cc1N.Cl. The number of ether oxygens (including phenoxy) is 1. The molecule has 0 aliphatic carbocycles. The first kappa shape index (κ1) is 14.1. The number of nitrogen functional groups attached to an aromatic ring is 1. The quantitative estimate of drug-likeness (QED) is 0.835. The molecule has 0 radical (unpaired) electrons. The average Bonchev–Trinajstić information content (AvgIpc) is 2.29. The molecule has 3 N–H and O–H groups in total. The molecular weight excluding hydrogens is 252 g/mol. The van der Waals surface area contributed by atoms with Crippen LogP contribution in [0.15, 0.2) is 30.6 Å². The predicted octanol–water partition coefficient (Wildman–Crippen LogP) is 2.54. The Kier molecular flexibility index (Phi) is 4.74. The number of anilines is 3. The average molecular weight is 267 g/mol. The van der Waals surface area contributed by atoms with E-state index in [2.05, 4.69) is 15.3 Å². The minimum Gasteiger partial charge on any atom is -0.495 e. The van der Waals surface area contributed by atoms with Gasteiger partial charge in [0.25, 0.3) is 0 Å². The minimum atomic E-state index is 0. The highest BCUT2D eigenvalue weighted by Gasteiger charge is 2.01. The Hall–Kier alpha value is -2.01. The lowest BCUT2D eigenvalue weighted by Gasteiger charge is -2.09. The summed E-state index contributed by atoms with van der Waals surface area (Å²) in [4.78, 5) is 8.14. The van der Waals surface area contributed by atoms with Crippen LogP contribution in [0, 0.1) is 6.92 Å². The van der Waals surface area contributed by atoms with Crippen molar-refractivity contribution in [1.82, 2.24) is 9.97 Å². The molecule has 0 unspecified atom stereocenters. The van der Waals surface area contributed by atoms with Gasteiger partial charge in [0, 0.05) is 17.4 Å². The van der Waals surface area contributed by atoms with Gasteiger partial charge in [0.05, 0.1) is 12.8 Å². The second-order valence-electron chi connectivity index (χ2n) is 3.63. The third kappa shape index (κ3) is 3.24. The zero-order valence-electron chi connectivity index (χ0n) is 10.2. The van der Waals surface area contributed by atoms with E-state index >= 15 is 0 Å². The number of rotatable bonds is 3. The summed E-state index contributed by atoms with van der Waals surface area (Å²) in [5.41, 5.74) is 8.17. The maximum absolute atomic E-state index is 5.82.